The highest BCUT2D eigenvalue weighted by Crippen LogP contribution is 2.25. The summed E-state index contributed by atoms with van der Waals surface area (Å²) < 4.78 is 5.60. The van der Waals surface area contributed by atoms with Gasteiger partial charge in [-0.2, -0.15) is 4.98 Å². The molecule has 0 aliphatic heterocycles. The van der Waals surface area contributed by atoms with Crippen molar-refractivity contribution in [3.8, 4) is 0 Å². The fourth-order valence-corrected chi connectivity index (χ4v) is 1.62. The molecule has 72 valence electrons. The van der Waals surface area contributed by atoms with Gasteiger partial charge < -0.3 is 15.3 Å². The van der Waals surface area contributed by atoms with Crippen LogP contribution < -0.4 is 5.73 Å². The van der Waals surface area contributed by atoms with E-state index in [2.05, 4.69) is 20.9 Å². The Labute approximate surface area is 86.7 Å². The first-order valence-corrected chi connectivity index (χ1v) is 4.46. The predicted octanol–water partition coefficient (Wildman–Crippen LogP) is 1.87. The minimum absolute atomic E-state index is 0.0403. The van der Waals surface area contributed by atoms with Crippen LogP contribution in [0.5, 0.6) is 0 Å². The average molecular weight is 257 g/mol. The number of rotatable bonds is 1. The summed E-state index contributed by atoms with van der Waals surface area (Å²) in [6.07, 6.45) is 0. The van der Waals surface area contributed by atoms with Crippen LogP contribution in [0.3, 0.4) is 0 Å². The molecule has 0 saturated heterocycles. The van der Waals surface area contributed by atoms with Crippen molar-refractivity contribution < 1.29 is 14.3 Å². The Bertz CT molecular complexity index is 521. The van der Waals surface area contributed by atoms with Gasteiger partial charge in [0.15, 0.2) is 5.58 Å². The van der Waals surface area contributed by atoms with Gasteiger partial charge in [0.05, 0.1) is 0 Å². The molecule has 2 rings (SSSR count). The molecule has 0 atom stereocenters. The van der Waals surface area contributed by atoms with Gasteiger partial charge in [-0.15, -0.1) is 0 Å². The van der Waals surface area contributed by atoms with Crippen LogP contribution in [0, 0.1) is 0 Å². The second-order valence-electron chi connectivity index (χ2n) is 2.66. The Morgan fingerprint density at radius 2 is 2.29 bits per heavy atom. The van der Waals surface area contributed by atoms with E-state index < -0.39 is 5.97 Å². The number of carboxylic acids is 1. The third-order valence-electron chi connectivity index (χ3n) is 1.70. The first kappa shape index (κ1) is 9.01. The van der Waals surface area contributed by atoms with Crippen molar-refractivity contribution in [1.29, 1.82) is 0 Å². The largest absolute Gasteiger partial charge is 0.478 e. The first-order valence-electron chi connectivity index (χ1n) is 3.67. The number of hydrogen-bond acceptors (Lipinski definition) is 4. The fraction of sp³-hybridized carbons (Fsp3) is 0. The van der Waals surface area contributed by atoms with Gasteiger partial charge in [0.2, 0.25) is 0 Å². The number of aromatic nitrogens is 1. The summed E-state index contributed by atoms with van der Waals surface area (Å²) in [4.78, 5) is 14.7. The molecule has 0 radical (unpaired) electrons. The Morgan fingerprint density at radius 3 is 2.93 bits per heavy atom. The Morgan fingerprint density at radius 1 is 1.57 bits per heavy atom. The summed E-state index contributed by atoms with van der Waals surface area (Å²) >= 11 is 3.17. The standard InChI is InChI=1S/C8H5BrN2O3/c9-3-1-4(7(12)13)6-5(2-3)11-8(10)14-6/h1-2H,(H2,10,11)(H,12,13). The van der Waals surface area contributed by atoms with Crippen molar-refractivity contribution in [3.05, 3.63) is 22.2 Å². The summed E-state index contributed by atoms with van der Waals surface area (Å²) in [6, 6.07) is 3.04. The molecule has 0 spiro atoms. The van der Waals surface area contributed by atoms with Gasteiger partial charge in [-0.05, 0) is 12.1 Å². The van der Waals surface area contributed by atoms with Crippen molar-refractivity contribution in [2.24, 2.45) is 0 Å². The van der Waals surface area contributed by atoms with Crippen molar-refractivity contribution in [3.63, 3.8) is 0 Å². The van der Waals surface area contributed by atoms with Crippen LogP contribution in [-0.4, -0.2) is 16.1 Å². The maximum atomic E-state index is 10.8. The number of nitrogen functional groups attached to an aromatic ring is 1. The number of aromatic carboxylic acids is 1. The molecule has 1 aromatic carbocycles. The zero-order valence-corrected chi connectivity index (χ0v) is 8.41. The Balaban J connectivity index is 2.85. The molecule has 0 aliphatic rings. The topological polar surface area (TPSA) is 89.3 Å². The maximum Gasteiger partial charge on any atom is 0.339 e. The van der Waals surface area contributed by atoms with E-state index in [0.717, 1.165) is 0 Å². The normalized spacial score (nSPS) is 10.6. The van der Waals surface area contributed by atoms with Gasteiger partial charge in [-0.3, -0.25) is 0 Å². The lowest BCUT2D eigenvalue weighted by atomic mass is 10.2. The SMILES string of the molecule is Nc1nc2cc(Br)cc(C(=O)O)c2o1. The van der Waals surface area contributed by atoms with E-state index in [0.29, 0.717) is 9.99 Å². The number of hydrogen-bond donors (Lipinski definition) is 2. The monoisotopic (exact) mass is 256 g/mol. The van der Waals surface area contributed by atoms with E-state index in [9.17, 15) is 4.79 Å². The quantitative estimate of drug-likeness (QED) is 0.813. The molecule has 0 fully saturated rings. The lowest BCUT2D eigenvalue weighted by Gasteiger charge is -1.95. The number of anilines is 1. The number of carboxylic acid groups (broad SMARTS) is 1. The molecule has 2 aromatic rings. The van der Waals surface area contributed by atoms with Crippen molar-refractivity contribution >= 4 is 39.0 Å². The number of fused-ring (bicyclic) bond motifs is 1. The molecule has 0 saturated carbocycles. The third kappa shape index (κ3) is 1.33. The third-order valence-corrected chi connectivity index (χ3v) is 2.16. The van der Waals surface area contributed by atoms with Gasteiger partial charge in [-0.1, -0.05) is 15.9 Å². The Hall–Kier alpha value is -1.56. The lowest BCUT2D eigenvalue weighted by molar-refractivity contribution is 0.0698. The van der Waals surface area contributed by atoms with E-state index in [1.807, 2.05) is 0 Å². The van der Waals surface area contributed by atoms with Gasteiger partial charge >= 0.3 is 5.97 Å². The zero-order valence-electron chi connectivity index (χ0n) is 6.82. The fourth-order valence-electron chi connectivity index (χ4n) is 1.17. The van der Waals surface area contributed by atoms with Crippen LogP contribution in [0.2, 0.25) is 0 Å². The van der Waals surface area contributed by atoms with E-state index in [-0.39, 0.29) is 17.2 Å². The number of oxazole rings is 1. The number of halogens is 1. The summed E-state index contributed by atoms with van der Waals surface area (Å²) in [5.41, 5.74) is 5.98. The van der Waals surface area contributed by atoms with E-state index in [4.69, 9.17) is 15.3 Å². The van der Waals surface area contributed by atoms with Gasteiger partial charge in [0.1, 0.15) is 11.1 Å². The zero-order chi connectivity index (χ0) is 10.3. The summed E-state index contributed by atoms with van der Waals surface area (Å²) in [6.45, 7) is 0. The highest BCUT2D eigenvalue weighted by molar-refractivity contribution is 9.10. The highest BCUT2D eigenvalue weighted by atomic mass is 79.9. The molecule has 0 aliphatic carbocycles. The second kappa shape index (κ2) is 2.98. The second-order valence-corrected chi connectivity index (χ2v) is 3.57. The predicted molar refractivity (Wildman–Crippen MR) is 53.1 cm³/mol. The number of carbonyl (C=O) groups is 1. The van der Waals surface area contributed by atoms with Crippen molar-refractivity contribution in [2.75, 3.05) is 5.73 Å². The molecule has 0 unspecified atom stereocenters. The molecule has 0 bridgehead atoms. The molecule has 6 heteroatoms. The minimum atomic E-state index is -1.08. The van der Waals surface area contributed by atoms with Crippen LogP contribution in [-0.2, 0) is 0 Å². The van der Waals surface area contributed by atoms with Gasteiger partial charge in [0, 0.05) is 4.47 Å². The van der Waals surface area contributed by atoms with Gasteiger partial charge in [0.25, 0.3) is 6.01 Å². The Kier molecular flexibility index (Phi) is 1.92. The molecule has 5 nitrogen and oxygen atoms in total. The average Bonchev–Trinajstić information content (AvgIpc) is 2.42. The molecular weight excluding hydrogens is 252 g/mol. The first-order chi connectivity index (χ1) is 6.58. The number of nitrogens with zero attached hydrogens (tertiary/aromatic N) is 1. The van der Waals surface area contributed by atoms with Crippen LogP contribution in [0.1, 0.15) is 10.4 Å². The lowest BCUT2D eigenvalue weighted by Crippen LogP contribution is -1.96. The minimum Gasteiger partial charge on any atom is -0.478 e. The van der Waals surface area contributed by atoms with E-state index in [1.165, 1.54) is 6.07 Å². The molecule has 1 heterocycles. The van der Waals surface area contributed by atoms with Crippen LogP contribution in [0.4, 0.5) is 6.01 Å². The van der Waals surface area contributed by atoms with Crippen LogP contribution in [0.25, 0.3) is 11.1 Å². The van der Waals surface area contributed by atoms with Gasteiger partial charge in [-0.25, -0.2) is 4.79 Å². The molecule has 14 heavy (non-hydrogen) atoms. The van der Waals surface area contributed by atoms with Crippen LogP contribution >= 0.6 is 15.9 Å². The summed E-state index contributed by atoms with van der Waals surface area (Å²) in [7, 11) is 0. The molecular formula is C8H5BrN2O3. The maximum absolute atomic E-state index is 10.8. The summed E-state index contributed by atoms with van der Waals surface area (Å²) in [5, 5.41) is 8.87. The number of benzene rings is 1. The highest BCUT2D eigenvalue weighted by Gasteiger charge is 2.14. The van der Waals surface area contributed by atoms with Crippen molar-refractivity contribution in [1.82, 2.24) is 4.98 Å². The molecule has 0 amide bonds. The molecule has 1 aromatic heterocycles. The van der Waals surface area contributed by atoms with Crippen LogP contribution in [0.15, 0.2) is 21.0 Å². The van der Waals surface area contributed by atoms with E-state index in [1.54, 1.807) is 6.07 Å². The smallest absolute Gasteiger partial charge is 0.339 e. The molecule has 3 N–H and O–H groups in total. The van der Waals surface area contributed by atoms with E-state index >= 15 is 0 Å². The van der Waals surface area contributed by atoms with Crippen molar-refractivity contribution in [2.45, 2.75) is 0 Å². The summed E-state index contributed by atoms with van der Waals surface area (Å²) in [5.74, 6) is -1.08. The number of nitrogens with two attached hydrogens (primary N) is 1.